The van der Waals surface area contributed by atoms with Crippen molar-refractivity contribution in [2.75, 3.05) is 0 Å². The maximum Gasteiger partial charge on any atom is 0.407 e. The third-order valence-electron chi connectivity index (χ3n) is 5.33. The number of phenolic OH excluding ortho intramolecular Hbond substituents is 1. The van der Waals surface area contributed by atoms with Crippen LogP contribution in [0.4, 0.5) is 4.79 Å². The molecule has 0 unspecified atom stereocenters. The largest absolute Gasteiger partial charge is 0.508 e. The number of phenols is 1. The highest BCUT2D eigenvalue weighted by molar-refractivity contribution is 5.95. The molecule has 0 aliphatic heterocycles. The molecule has 1 aliphatic rings. The summed E-state index contributed by atoms with van der Waals surface area (Å²) in [5.41, 5.74) is 6.37. The first-order valence-corrected chi connectivity index (χ1v) is 11.2. The number of carbonyl (C=O) groups is 2. The van der Waals surface area contributed by atoms with Crippen LogP contribution in [0.1, 0.15) is 62.4 Å². The van der Waals surface area contributed by atoms with E-state index in [1.165, 1.54) is 12.1 Å². The van der Waals surface area contributed by atoms with Crippen molar-refractivity contribution >= 4 is 12.0 Å². The van der Waals surface area contributed by atoms with E-state index in [2.05, 4.69) is 10.6 Å². The molecular weight excluding hydrogens is 422 g/mol. The summed E-state index contributed by atoms with van der Waals surface area (Å²) in [4.78, 5) is 24.7. The highest BCUT2D eigenvalue weighted by Crippen LogP contribution is 2.28. The minimum atomic E-state index is -0.535. The first-order valence-electron chi connectivity index (χ1n) is 11.2. The number of hydrogen-bond donors (Lipinski definition) is 4. The van der Waals surface area contributed by atoms with Crippen molar-refractivity contribution in [1.82, 2.24) is 10.6 Å². The summed E-state index contributed by atoms with van der Waals surface area (Å²) in [5, 5.41) is 16.0. The normalized spacial score (nSPS) is 18.3. The molecule has 0 atom stereocenters. The van der Waals surface area contributed by atoms with Crippen molar-refractivity contribution < 1.29 is 24.2 Å². The molecule has 1 fully saturated rings. The van der Waals surface area contributed by atoms with Gasteiger partial charge in [-0.1, -0.05) is 12.1 Å². The van der Waals surface area contributed by atoms with Crippen LogP contribution in [0.2, 0.25) is 0 Å². The van der Waals surface area contributed by atoms with Gasteiger partial charge in [-0.3, -0.25) is 4.79 Å². The first-order chi connectivity index (χ1) is 15.6. The molecule has 2 amide bonds. The molecule has 0 radical (unpaired) electrons. The predicted molar refractivity (Wildman–Crippen MR) is 125 cm³/mol. The number of hydrogen-bond acceptors (Lipinski definition) is 6. The number of carbonyl (C=O) groups excluding carboxylic acids is 2. The average Bonchev–Trinajstić information content (AvgIpc) is 2.74. The van der Waals surface area contributed by atoms with E-state index < -0.39 is 11.7 Å². The van der Waals surface area contributed by atoms with Crippen molar-refractivity contribution in [2.45, 2.75) is 70.7 Å². The Morgan fingerprint density at radius 3 is 2.15 bits per heavy atom. The lowest BCUT2D eigenvalue weighted by Crippen LogP contribution is -2.45. The van der Waals surface area contributed by atoms with Crippen molar-refractivity contribution in [3.8, 4) is 17.2 Å². The van der Waals surface area contributed by atoms with Gasteiger partial charge < -0.3 is 30.9 Å². The van der Waals surface area contributed by atoms with E-state index in [1.807, 2.05) is 32.9 Å². The number of benzene rings is 2. The van der Waals surface area contributed by atoms with Gasteiger partial charge in [-0.05, 0) is 76.3 Å². The number of rotatable bonds is 6. The van der Waals surface area contributed by atoms with Crippen LogP contribution in [-0.2, 0) is 11.3 Å². The van der Waals surface area contributed by atoms with Gasteiger partial charge in [0, 0.05) is 30.3 Å². The third-order valence-corrected chi connectivity index (χ3v) is 5.33. The number of nitrogens with two attached hydrogens (primary N) is 1. The second kappa shape index (κ2) is 10.6. The van der Waals surface area contributed by atoms with Crippen LogP contribution in [0.25, 0.3) is 0 Å². The second-order valence-electron chi connectivity index (χ2n) is 9.33. The summed E-state index contributed by atoms with van der Waals surface area (Å²) >= 11 is 0. The van der Waals surface area contributed by atoms with Crippen molar-refractivity contribution in [3.05, 3.63) is 53.6 Å². The lowest BCUT2D eigenvalue weighted by atomic mass is 9.91. The third kappa shape index (κ3) is 7.68. The van der Waals surface area contributed by atoms with Crippen LogP contribution in [0.3, 0.4) is 0 Å². The Bertz CT molecular complexity index is 961. The zero-order chi connectivity index (χ0) is 24.0. The minimum Gasteiger partial charge on any atom is -0.508 e. The summed E-state index contributed by atoms with van der Waals surface area (Å²) < 4.78 is 11.1. The molecule has 0 aromatic heterocycles. The summed E-state index contributed by atoms with van der Waals surface area (Å²) in [6.07, 6.45) is 2.55. The van der Waals surface area contributed by atoms with Crippen molar-refractivity contribution in [2.24, 2.45) is 5.73 Å². The number of aromatic hydroxyl groups is 1. The fraction of sp³-hybridized carbons (Fsp3) is 0.440. The van der Waals surface area contributed by atoms with Gasteiger partial charge in [0.15, 0.2) is 0 Å². The standard InChI is InChI=1S/C25H33N3O5/c1-25(2,3)33-24(31)28-19-8-6-18(7-9-19)27-23(30)17-12-20(29)14-22(13-17)32-21-10-4-16(15-26)5-11-21/h4-5,10-14,18-19,29H,6-9,15,26H2,1-3H3,(H,27,30)(H,28,31). The molecule has 33 heavy (non-hydrogen) atoms. The van der Waals surface area contributed by atoms with E-state index in [-0.39, 0.29) is 23.7 Å². The molecule has 5 N–H and O–H groups in total. The highest BCUT2D eigenvalue weighted by Gasteiger charge is 2.26. The van der Waals surface area contributed by atoms with Crippen LogP contribution in [0, 0.1) is 0 Å². The van der Waals surface area contributed by atoms with Crippen molar-refractivity contribution in [1.29, 1.82) is 0 Å². The Labute approximate surface area is 194 Å². The fourth-order valence-electron chi connectivity index (χ4n) is 3.73. The lowest BCUT2D eigenvalue weighted by Gasteiger charge is -2.30. The number of ether oxygens (including phenoxy) is 2. The van der Waals surface area contributed by atoms with E-state index >= 15 is 0 Å². The van der Waals surface area contributed by atoms with Crippen LogP contribution in [0.15, 0.2) is 42.5 Å². The van der Waals surface area contributed by atoms with Crippen LogP contribution >= 0.6 is 0 Å². The molecule has 0 saturated heterocycles. The van der Waals surface area contributed by atoms with E-state index in [9.17, 15) is 14.7 Å². The number of amides is 2. The summed E-state index contributed by atoms with van der Waals surface area (Å²) in [6.45, 7) is 5.92. The van der Waals surface area contributed by atoms with E-state index in [0.717, 1.165) is 31.2 Å². The molecule has 2 aromatic carbocycles. The Morgan fingerprint density at radius 1 is 0.970 bits per heavy atom. The second-order valence-corrected chi connectivity index (χ2v) is 9.33. The van der Waals surface area contributed by atoms with Gasteiger partial charge in [-0.2, -0.15) is 0 Å². The topological polar surface area (TPSA) is 123 Å². The van der Waals surface area contributed by atoms with E-state index in [1.54, 1.807) is 18.2 Å². The van der Waals surface area contributed by atoms with E-state index in [0.29, 0.717) is 23.6 Å². The summed E-state index contributed by atoms with van der Waals surface area (Å²) in [6, 6.07) is 11.8. The Balaban J connectivity index is 1.53. The Hall–Kier alpha value is -3.26. The molecule has 2 aromatic rings. The van der Waals surface area contributed by atoms with Crippen LogP contribution in [0.5, 0.6) is 17.2 Å². The molecule has 8 nitrogen and oxygen atoms in total. The number of nitrogens with one attached hydrogen (secondary N) is 2. The molecule has 1 saturated carbocycles. The molecule has 178 valence electrons. The van der Waals surface area contributed by atoms with Gasteiger partial charge in [-0.15, -0.1) is 0 Å². The van der Waals surface area contributed by atoms with Crippen molar-refractivity contribution in [3.63, 3.8) is 0 Å². The first kappa shape index (κ1) is 24.4. The van der Waals surface area contributed by atoms with Gasteiger partial charge in [0.05, 0.1) is 0 Å². The van der Waals surface area contributed by atoms with E-state index in [4.69, 9.17) is 15.2 Å². The van der Waals surface area contributed by atoms with Gasteiger partial charge >= 0.3 is 6.09 Å². The van der Waals surface area contributed by atoms with Gasteiger partial charge in [0.25, 0.3) is 5.91 Å². The zero-order valence-corrected chi connectivity index (χ0v) is 19.4. The molecule has 8 heteroatoms. The smallest absolute Gasteiger partial charge is 0.407 e. The zero-order valence-electron chi connectivity index (χ0n) is 19.4. The molecular formula is C25H33N3O5. The minimum absolute atomic E-state index is 0.00953. The Morgan fingerprint density at radius 2 is 1.58 bits per heavy atom. The van der Waals surface area contributed by atoms with Gasteiger partial charge in [0.1, 0.15) is 22.8 Å². The quantitative estimate of drug-likeness (QED) is 0.517. The van der Waals surface area contributed by atoms with Crippen LogP contribution in [-0.4, -0.2) is 34.8 Å². The monoisotopic (exact) mass is 455 g/mol. The number of alkyl carbamates (subject to hydrolysis) is 1. The summed E-state index contributed by atoms with van der Waals surface area (Å²) in [5.74, 6) is 0.616. The Kier molecular flexibility index (Phi) is 7.81. The SMILES string of the molecule is CC(C)(C)OC(=O)NC1CCC(NC(=O)c2cc(O)cc(Oc3ccc(CN)cc3)c2)CC1. The molecule has 0 heterocycles. The molecule has 1 aliphatic carbocycles. The maximum atomic E-state index is 12.8. The predicted octanol–water partition coefficient (Wildman–Crippen LogP) is 4.21. The van der Waals surface area contributed by atoms with Gasteiger partial charge in [-0.25, -0.2) is 4.79 Å². The van der Waals surface area contributed by atoms with Gasteiger partial charge in [0.2, 0.25) is 0 Å². The lowest BCUT2D eigenvalue weighted by molar-refractivity contribution is 0.0488. The summed E-state index contributed by atoms with van der Waals surface area (Å²) in [7, 11) is 0. The molecule has 0 bridgehead atoms. The highest BCUT2D eigenvalue weighted by atomic mass is 16.6. The fourth-order valence-corrected chi connectivity index (χ4v) is 3.73. The maximum absolute atomic E-state index is 12.8. The van der Waals surface area contributed by atoms with Crippen LogP contribution < -0.4 is 21.1 Å². The average molecular weight is 456 g/mol. The molecule has 3 rings (SSSR count). The molecule has 0 spiro atoms.